The van der Waals surface area contributed by atoms with Crippen LogP contribution in [0.2, 0.25) is 5.28 Å². The van der Waals surface area contributed by atoms with Crippen LogP contribution in [0.3, 0.4) is 0 Å². The molecule has 0 fully saturated rings. The lowest BCUT2D eigenvalue weighted by atomic mass is 10.3. The Hall–Kier alpha value is -1.53. The van der Waals surface area contributed by atoms with Crippen LogP contribution in [0.5, 0.6) is 0 Å². The summed E-state index contributed by atoms with van der Waals surface area (Å²) in [6.45, 7) is 2.44. The molecule has 0 atom stereocenters. The summed E-state index contributed by atoms with van der Waals surface area (Å²) in [5.74, 6) is 1.62. The van der Waals surface area contributed by atoms with Crippen molar-refractivity contribution >= 4 is 23.4 Å². The highest BCUT2D eigenvalue weighted by Gasteiger charge is 2.10. The Morgan fingerprint density at radius 3 is 2.88 bits per heavy atom. The van der Waals surface area contributed by atoms with Gasteiger partial charge in [-0.15, -0.1) is 0 Å². The van der Waals surface area contributed by atoms with E-state index in [2.05, 4.69) is 25.3 Å². The number of aliphatic hydroxyl groups excluding tert-OH is 1. The Balaban J connectivity index is 2.14. The van der Waals surface area contributed by atoms with E-state index in [9.17, 15) is 0 Å². The summed E-state index contributed by atoms with van der Waals surface area (Å²) in [4.78, 5) is 16.3. The van der Waals surface area contributed by atoms with Crippen LogP contribution in [0, 0.1) is 0 Å². The number of anilines is 1. The molecule has 1 aromatic heterocycles. The monoisotopic (exact) mass is 253 g/mol. The van der Waals surface area contributed by atoms with Crippen molar-refractivity contribution in [1.29, 1.82) is 0 Å². The lowest BCUT2D eigenvalue weighted by Crippen LogP contribution is -2.12. The summed E-state index contributed by atoms with van der Waals surface area (Å²) in [5.41, 5.74) is 0.850. The molecule has 1 aromatic rings. The zero-order valence-electron chi connectivity index (χ0n) is 9.31. The summed E-state index contributed by atoms with van der Waals surface area (Å²) in [5, 5.41) is 12.0. The van der Waals surface area contributed by atoms with Crippen molar-refractivity contribution < 1.29 is 5.11 Å². The van der Waals surface area contributed by atoms with E-state index in [0.717, 1.165) is 5.57 Å². The predicted octanol–water partition coefficient (Wildman–Crippen LogP) is 0.830. The van der Waals surface area contributed by atoms with Crippen molar-refractivity contribution in [1.82, 2.24) is 15.0 Å². The minimum Gasteiger partial charge on any atom is -0.392 e. The molecule has 0 aromatic carbocycles. The zero-order valence-corrected chi connectivity index (χ0v) is 10.1. The van der Waals surface area contributed by atoms with Gasteiger partial charge in [-0.05, 0) is 23.3 Å². The third kappa shape index (κ3) is 2.98. The highest BCUT2D eigenvalue weighted by atomic mass is 35.5. The molecule has 0 unspecified atom stereocenters. The number of rotatable bonds is 3. The summed E-state index contributed by atoms with van der Waals surface area (Å²) < 4.78 is 0. The van der Waals surface area contributed by atoms with Gasteiger partial charge in [-0.2, -0.15) is 9.97 Å². The van der Waals surface area contributed by atoms with E-state index in [1.165, 1.54) is 0 Å². The Morgan fingerprint density at radius 2 is 2.24 bits per heavy atom. The average Bonchev–Trinajstić information content (AvgIpc) is 2.76. The fraction of sp³-hybridized carbons (Fsp3) is 0.400. The third-order valence-corrected chi connectivity index (χ3v) is 2.38. The van der Waals surface area contributed by atoms with Gasteiger partial charge in [-0.3, -0.25) is 4.99 Å². The Morgan fingerprint density at radius 1 is 1.41 bits per heavy atom. The van der Waals surface area contributed by atoms with E-state index in [1.807, 2.05) is 6.92 Å². The molecule has 0 bridgehead atoms. The number of hydrogen-bond acceptors (Lipinski definition) is 6. The molecule has 0 amide bonds. The van der Waals surface area contributed by atoms with Crippen LogP contribution in [0.4, 0.5) is 5.95 Å². The predicted molar refractivity (Wildman–Crippen MR) is 65.3 cm³/mol. The number of aliphatic imine (C=N–C) groups is 1. The molecule has 6 nitrogen and oxygen atoms in total. The lowest BCUT2D eigenvalue weighted by molar-refractivity contribution is 0.330. The van der Waals surface area contributed by atoms with E-state index >= 15 is 0 Å². The highest BCUT2D eigenvalue weighted by molar-refractivity contribution is 6.28. The molecule has 1 aliphatic rings. The van der Waals surface area contributed by atoms with Crippen LogP contribution in [-0.2, 0) is 6.42 Å². The minimum atomic E-state index is 0.00679. The van der Waals surface area contributed by atoms with Crippen LogP contribution in [0.1, 0.15) is 12.7 Å². The number of hydrogen-bond donors (Lipinski definition) is 2. The van der Waals surface area contributed by atoms with Crippen molar-refractivity contribution in [3.63, 3.8) is 0 Å². The molecule has 0 radical (unpaired) electrons. The maximum atomic E-state index is 8.94. The molecule has 0 saturated heterocycles. The summed E-state index contributed by atoms with van der Waals surface area (Å²) in [6, 6.07) is 0. The Kier molecular flexibility index (Phi) is 3.65. The molecule has 0 saturated carbocycles. The Labute approximate surface area is 103 Å². The number of amidine groups is 1. The number of aliphatic hydroxyl groups is 1. The number of aryl methyl sites for hydroxylation is 1. The van der Waals surface area contributed by atoms with Crippen molar-refractivity contribution in [2.75, 3.05) is 18.5 Å². The van der Waals surface area contributed by atoms with Crippen molar-refractivity contribution in [2.45, 2.75) is 13.3 Å². The smallest absolute Gasteiger partial charge is 0.232 e. The van der Waals surface area contributed by atoms with Gasteiger partial charge in [0, 0.05) is 6.42 Å². The topological polar surface area (TPSA) is 83.3 Å². The van der Waals surface area contributed by atoms with Gasteiger partial charge >= 0.3 is 0 Å². The van der Waals surface area contributed by atoms with E-state index < -0.39 is 0 Å². The largest absolute Gasteiger partial charge is 0.392 e. The SMILES string of the molecule is CCc1nc(Cl)nc(NC2=NCC(CO)=C2)n1. The quantitative estimate of drug-likeness (QED) is 0.834. The van der Waals surface area contributed by atoms with Gasteiger partial charge in [-0.1, -0.05) is 6.92 Å². The molecule has 2 rings (SSSR count). The van der Waals surface area contributed by atoms with Crippen molar-refractivity contribution in [3.8, 4) is 0 Å². The maximum absolute atomic E-state index is 8.94. The molecule has 90 valence electrons. The van der Waals surface area contributed by atoms with E-state index in [4.69, 9.17) is 16.7 Å². The fourth-order valence-corrected chi connectivity index (χ4v) is 1.54. The van der Waals surface area contributed by atoms with Gasteiger partial charge in [0.25, 0.3) is 0 Å². The third-order valence-electron chi connectivity index (χ3n) is 2.21. The van der Waals surface area contributed by atoms with Gasteiger partial charge in [0.05, 0.1) is 13.2 Å². The van der Waals surface area contributed by atoms with Crippen LogP contribution in [0.25, 0.3) is 0 Å². The first-order valence-electron chi connectivity index (χ1n) is 5.23. The first-order valence-corrected chi connectivity index (χ1v) is 5.61. The van der Waals surface area contributed by atoms with Crippen LogP contribution >= 0.6 is 11.6 Å². The zero-order chi connectivity index (χ0) is 12.3. The van der Waals surface area contributed by atoms with Gasteiger partial charge in [0.1, 0.15) is 11.7 Å². The molecular weight excluding hydrogens is 242 g/mol. The molecule has 0 aliphatic carbocycles. The number of halogens is 1. The summed E-state index contributed by atoms with van der Waals surface area (Å²) in [7, 11) is 0. The van der Waals surface area contributed by atoms with Crippen LogP contribution < -0.4 is 5.32 Å². The number of nitrogens with zero attached hydrogens (tertiary/aromatic N) is 4. The second-order valence-corrected chi connectivity index (χ2v) is 3.82. The minimum absolute atomic E-state index is 0.00679. The molecule has 0 spiro atoms. The fourth-order valence-electron chi connectivity index (χ4n) is 1.36. The summed E-state index contributed by atoms with van der Waals surface area (Å²) >= 11 is 5.77. The van der Waals surface area contributed by atoms with Crippen LogP contribution in [0.15, 0.2) is 16.6 Å². The molecule has 7 heteroatoms. The first kappa shape index (κ1) is 11.9. The molecule has 2 heterocycles. The molecule has 17 heavy (non-hydrogen) atoms. The van der Waals surface area contributed by atoms with E-state index in [1.54, 1.807) is 6.08 Å². The second-order valence-electron chi connectivity index (χ2n) is 3.48. The molecule has 2 N–H and O–H groups in total. The number of nitrogens with one attached hydrogen (secondary N) is 1. The van der Waals surface area contributed by atoms with E-state index in [-0.39, 0.29) is 11.9 Å². The first-order chi connectivity index (χ1) is 8.21. The van der Waals surface area contributed by atoms with Crippen molar-refractivity contribution in [2.24, 2.45) is 4.99 Å². The van der Waals surface area contributed by atoms with Crippen LogP contribution in [-0.4, -0.2) is 39.0 Å². The van der Waals surface area contributed by atoms with Gasteiger partial charge in [-0.25, -0.2) is 4.98 Å². The van der Waals surface area contributed by atoms with Crippen molar-refractivity contribution in [3.05, 3.63) is 22.8 Å². The number of aromatic nitrogens is 3. The van der Waals surface area contributed by atoms with Gasteiger partial charge in [0.15, 0.2) is 0 Å². The second kappa shape index (κ2) is 5.20. The highest BCUT2D eigenvalue weighted by Crippen LogP contribution is 2.10. The molecular formula is C10H12ClN5O. The maximum Gasteiger partial charge on any atom is 0.232 e. The standard InChI is InChI=1S/C10H12ClN5O/c1-2-7-13-9(11)16-10(14-7)15-8-3-6(5-17)4-12-8/h3,17H,2,4-5H2,1H3,(H,12,13,14,15,16). The van der Waals surface area contributed by atoms with E-state index in [0.29, 0.717) is 30.6 Å². The van der Waals surface area contributed by atoms with Gasteiger partial charge < -0.3 is 10.4 Å². The Bertz CT molecular complexity index is 486. The van der Waals surface area contributed by atoms with Gasteiger partial charge in [0.2, 0.25) is 11.2 Å². The average molecular weight is 254 g/mol. The lowest BCUT2D eigenvalue weighted by Gasteiger charge is -2.04. The normalized spacial score (nSPS) is 14.5. The summed E-state index contributed by atoms with van der Waals surface area (Å²) in [6.07, 6.45) is 2.45. The molecule has 1 aliphatic heterocycles.